The van der Waals surface area contributed by atoms with E-state index in [9.17, 15) is 4.79 Å². The molecule has 0 aliphatic heterocycles. The Hall–Kier alpha value is -0.820. The van der Waals surface area contributed by atoms with Crippen molar-refractivity contribution in [2.45, 2.75) is 11.9 Å². The van der Waals surface area contributed by atoms with Gasteiger partial charge in [0.05, 0.1) is 12.7 Å². The SMILES string of the molecule is O=C(O)C=Cc1csc(CSCC(O)CO)c1. The van der Waals surface area contributed by atoms with Crippen LogP contribution in [0.25, 0.3) is 6.08 Å². The summed E-state index contributed by atoms with van der Waals surface area (Å²) in [6.07, 6.45) is 1.98. The predicted octanol–water partition coefficient (Wildman–Crippen LogP) is 1.43. The fourth-order valence-corrected chi connectivity index (χ4v) is 3.02. The molecule has 1 unspecified atom stereocenters. The summed E-state index contributed by atoms with van der Waals surface area (Å²) >= 11 is 3.09. The molecular weight excluding hydrogens is 260 g/mol. The average molecular weight is 274 g/mol. The van der Waals surface area contributed by atoms with E-state index < -0.39 is 12.1 Å². The summed E-state index contributed by atoms with van der Waals surface area (Å²) in [5, 5.41) is 28.1. The average Bonchev–Trinajstić information content (AvgIpc) is 2.74. The molecule has 0 amide bonds. The molecule has 1 aromatic heterocycles. The number of aliphatic carboxylic acids is 1. The zero-order chi connectivity index (χ0) is 12.7. The largest absolute Gasteiger partial charge is 0.478 e. The summed E-state index contributed by atoms with van der Waals surface area (Å²) in [5.41, 5.74) is 0.871. The van der Waals surface area contributed by atoms with Crippen molar-refractivity contribution < 1.29 is 20.1 Å². The maximum Gasteiger partial charge on any atom is 0.328 e. The molecule has 4 nitrogen and oxygen atoms in total. The van der Waals surface area contributed by atoms with E-state index in [0.717, 1.165) is 22.3 Å². The van der Waals surface area contributed by atoms with Crippen molar-refractivity contribution in [2.75, 3.05) is 12.4 Å². The third-order valence-corrected chi connectivity index (χ3v) is 4.13. The number of carboxylic acid groups (broad SMARTS) is 1. The first-order chi connectivity index (χ1) is 8.11. The lowest BCUT2D eigenvalue weighted by Gasteiger charge is -2.04. The molecule has 0 aliphatic carbocycles. The monoisotopic (exact) mass is 274 g/mol. The Labute approximate surface area is 108 Å². The van der Waals surface area contributed by atoms with Gasteiger partial charge >= 0.3 is 5.97 Å². The van der Waals surface area contributed by atoms with Crippen molar-refractivity contribution in [1.82, 2.24) is 0 Å². The second-order valence-electron chi connectivity index (χ2n) is 3.37. The molecular formula is C11H14O4S2. The fraction of sp³-hybridized carbons (Fsp3) is 0.364. The van der Waals surface area contributed by atoms with Crippen LogP contribution in [0.1, 0.15) is 10.4 Å². The van der Waals surface area contributed by atoms with Crippen LogP contribution in [0.4, 0.5) is 0 Å². The van der Waals surface area contributed by atoms with Crippen molar-refractivity contribution in [3.05, 3.63) is 28.0 Å². The smallest absolute Gasteiger partial charge is 0.328 e. The van der Waals surface area contributed by atoms with Gasteiger partial charge in [0.2, 0.25) is 0 Å². The molecule has 0 bridgehead atoms. The summed E-state index contributed by atoms with van der Waals surface area (Å²) < 4.78 is 0. The Kier molecular flexibility index (Phi) is 6.28. The quantitative estimate of drug-likeness (QED) is 0.656. The normalized spacial score (nSPS) is 13.1. The van der Waals surface area contributed by atoms with Crippen LogP contribution >= 0.6 is 23.1 Å². The molecule has 0 fully saturated rings. The van der Waals surface area contributed by atoms with E-state index in [1.165, 1.54) is 11.8 Å². The summed E-state index contributed by atoms with van der Waals surface area (Å²) in [6, 6.07) is 1.92. The van der Waals surface area contributed by atoms with Crippen LogP contribution in [0.15, 0.2) is 17.5 Å². The number of aliphatic hydroxyl groups is 2. The molecule has 94 valence electrons. The van der Waals surface area contributed by atoms with Gasteiger partial charge in [-0.05, 0) is 23.1 Å². The third kappa shape index (κ3) is 5.88. The van der Waals surface area contributed by atoms with Crippen molar-refractivity contribution in [1.29, 1.82) is 0 Å². The maximum atomic E-state index is 10.3. The van der Waals surface area contributed by atoms with Crippen LogP contribution in [0.3, 0.4) is 0 Å². The minimum atomic E-state index is -0.960. The van der Waals surface area contributed by atoms with Gasteiger partial charge in [0, 0.05) is 22.5 Å². The minimum Gasteiger partial charge on any atom is -0.478 e. The van der Waals surface area contributed by atoms with Crippen LogP contribution in [0, 0.1) is 0 Å². The van der Waals surface area contributed by atoms with Crippen molar-refractivity contribution in [3.63, 3.8) is 0 Å². The number of rotatable bonds is 7. The minimum absolute atomic E-state index is 0.218. The number of carbonyl (C=O) groups is 1. The van der Waals surface area contributed by atoms with Gasteiger partial charge in [-0.25, -0.2) is 4.79 Å². The highest BCUT2D eigenvalue weighted by molar-refractivity contribution is 7.98. The second kappa shape index (κ2) is 7.50. The molecule has 3 N–H and O–H groups in total. The van der Waals surface area contributed by atoms with E-state index in [1.54, 1.807) is 17.4 Å². The first-order valence-corrected chi connectivity index (χ1v) is 7.00. The Balaban J connectivity index is 2.38. The van der Waals surface area contributed by atoms with E-state index in [2.05, 4.69) is 0 Å². The topological polar surface area (TPSA) is 77.8 Å². The zero-order valence-electron chi connectivity index (χ0n) is 9.07. The van der Waals surface area contributed by atoms with Crippen LogP contribution in [-0.2, 0) is 10.5 Å². The maximum absolute atomic E-state index is 10.3. The highest BCUT2D eigenvalue weighted by atomic mass is 32.2. The van der Waals surface area contributed by atoms with Crippen LogP contribution in [-0.4, -0.2) is 39.8 Å². The summed E-state index contributed by atoms with van der Waals surface area (Å²) in [7, 11) is 0. The summed E-state index contributed by atoms with van der Waals surface area (Å²) in [6.45, 7) is -0.218. The lowest BCUT2D eigenvalue weighted by molar-refractivity contribution is -0.131. The number of thioether (sulfide) groups is 1. The van der Waals surface area contributed by atoms with Gasteiger partial charge in [-0.15, -0.1) is 11.3 Å². The molecule has 0 radical (unpaired) electrons. The number of carboxylic acids is 1. The van der Waals surface area contributed by atoms with E-state index in [1.807, 2.05) is 11.4 Å². The molecule has 0 saturated heterocycles. The molecule has 17 heavy (non-hydrogen) atoms. The Morgan fingerprint density at radius 2 is 2.35 bits per heavy atom. The van der Waals surface area contributed by atoms with Crippen molar-refractivity contribution >= 4 is 35.1 Å². The van der Waals surface area contributed by atoms with Crippen LogP contribution < -0.4 is 0 Å². The Morgan fingerprint density at radius 1 is 1.59 bits per heavy atom. The van der Waals surface area contributed by atoms with E-state index in [0.29, 0.717) is 5.75 Å². The van der Waals surface area contributed by atoms with Gasteiger partial charge < -0.3 is 15.3 Å². The fourth-order valence-electron chi connectivity index (χ4n) is 1.08. The van der Waals surface area contributed by atoms with Gasteiger partial charge in [0.1, 0.15) is 0 Å². The predicted molar refractivity (Wildman–Crippen MR) is 70.2 cm³/mol. The van der Waals surface area contributed by atoms with Gasteiger partial charge in [0.15, 0.2) is 0 Å². The summed E-state index contributed by atoms with van der Waals surface area (Å²) in [4.78, 5) is 11.4. The van der Waals surface area contributed by atoms with Gasteiger partial charge in [-0.3, -0.25) is 0 Å². The molecule has 0 saturated carbocycles. The Bertz CT molecular complexity index is 387. The number of hydrogen-bond donors (Lipinski definition) is 3. The molecule has 1 heterocycles. The van der Waals surface area contributed by atoms with E-state index in [4.69, 9.17) is 15.3 Å². The van der Waals surface area contributed by atoms with Crippen molar-refractivity contribution in [2.24, 2.45) is 0 Å². The molecule has 0 aromatic carbocycles. The highest BCUT2D eigenvalue weighted by Gasteiger charge is 2.03. The summed E-state index contributed by atoms with van der Waals surface area (Å²) in [5.74, 6) is 0.287. The molecule has 0 aliphatic rings. The van der Waals surface area contributed by atoms with Gasteiger partial charge in [0.25, 0.3) is 0 Å². The number of aliphatic hydroxyl groups excluding tert-OH is 2. The molecule has 1 aromatic rings. The van der Waals surface area contributed by atoms with Crippen LogP contribution in [0.5, 0.6) is 0 Å². The van der Waals surface area contributed by atoms with E-state index >= 15 is 0 Å². The number of hydrogen-bond acceptors (Lipinski definition) is 5. The van der Waals surface area contributed by atoms with Crippen LogP contribution in [0.2, 0.25) is 0 Å². The molecule has 1 rings (SSSR count). The standard InChI is InChI=1S/C11H14O4S2/c12-4-9(13)6-16-7-10-3-8(5-17-10)1-2-11(14)15/h1-3,5,9,12-13H,4,6-7H2,(H,14,15). The second-order valence-corrected chi connectivity index (χ2v) is 5.40. The Morgan fingerprint density at radius 3 is 3.00 bits per heavy atom. The lowest BCUT2D eigenvalue weighted by Crippen LogP contribution is -2.14. The molecule has 0 spiro atoms. The first kappa shape index (κ1) is 14.2. The van der Waals surface area contributed by atoms with E-state index in [-0.39, 0.29) is 6.61 Å². The molecule has 1 atom stereocenters. The zero-order valence-corrected chi connectivity index (χ0v) is 10.7. The number of thiophene rings is 1. The first-order valence-electron chi connectivity index (χ1n) is 4.97. The molecule has 6 heteroatoms. The van der Waals surface area contributed by atoms with Crippen molar-refractivity contribution in [3.8, 4) is 0 Å². The highest BCUT2D eigenvalue weighted by Crippen LogP contribution is 2.21. The lowest BCUT2D eigenvalue weighted by atomic mass is 10.3. The van der Waals surface area contributed by atoms with Gasteiger partial charge in [-0.2, -0.15) is 11.8 Å². The third-order valence-electron chi connectivity index (χ3n) is 1.86. The van der Waals surface area contributed by atoms with Gasteiger partial charge in [-0.1, -0.05) is 0 Å².